The summed E-state index contributed by atoms with van der Waals surface area (Å²) in [5.74, 6) is 0. The molecule has 0 spiro atoms. The SMILES string of the molecule is Cl.FC(F)Cn1cc(NCc2ccnn2C(F)F)cn1. The van der Waals surface area contributed by atoms with Crippen molar-refractivity contribution < 1.29 is 17.6 Å². The van der Waals surface area contributed by atoms with Crippen LogP contribution in [0, 0.1) is 0 Å². The van der Waals surface area contributed by atoms with E-state index in [-0.39, 0.29) is 24.6 Å². The molecule has 20 heavy (non-hydrogen) atoms. The highest BCUT2D eigenvalue weighted by Crippen LogP contribution is 2.14. The Morgan fingerprint density at radius 2 is 1.95 bits per heavy atom. The first kappa shape index (κ1) is 16.3. The summed E-state index contributed by atoms with van der Waals surface area (Å²) in [5, 5.41) is 10.0. The molecule has 2 heterocycles. The highest BCUT2D eigenvalue weighted by atomic mass is 35.5. The molecule has 0 saturated heterocycles. The van der Waals surface area contributed by atoms with E-state index >= 15 is 0 Å². The van der Waals surface area contributed by atoms with Crippen molar-refractivity contribution in [1.82, 2.24) is 19.6 Å². The number of nitrogens with zero attached hydrogens (tertiary/aromatic N) is 4. The number of rotatable bonds is 6. The molecule has 0 aliphatic heterocycles. The van der Waals surface area contributed by atoms with E-state index in [1.807, 2.05) is 0 Å². The minimum Gasteiger partial charge on any atom is -0.377 e. The van der Waals surface area contributed by atoms with Crippen LogP contribution in [-0.2, 0) is 13.1 Å². The molecule has 0 saturated carbocycles. The predicted octanol–water partition coefficient (Wildman–Crippen LogP) is 2.77. The molecule has 0 atom stereocenters. The van der Waals surface area contributed by atoms with Crippen LogP contribution in [0.5, 0.6) is 0 Å². The molecule has 0 radical (unpaired) electrons. The third kappa shape index (κ3) is 4.12. The molecule has 0 fully saturated rings. The van der Waals surface area contributed by atoms with Gasteiger partial charge in [0, 0.05) is 12.4 Å². The van der Waals surface area contributed by atoms with Crippen LogP contribution >= 0.6 is 12.4 Å². The molecule has 0 amide bonds. The van der Waals surface area contributed by atoms with Crippen LogP contribution < -0.4 is 5.32 Å². The van der Waals surface area contributed by atoms with E-state index in [0.717, 1.165) is 4.68 Å². The highest BCUT2D eigenvalue weighted by molar-refractivity contribution is 5.85. The maximum absolute atomic E-state index is 12.5. The fraction of sp³-hybridized carbons (Fsp3) is 0.400. The molecule has 2 aromatic rings. The van der Waals surface area contributed by atoms with Crippen LogP contribution in [0.3, 0.4) is 0 Å². The largest absolute Gasteiger partial charge is 0.377 e. The Labute approximate surface area is 118 Å². The molecule has 2 rings (SSSR count). The molecular weight excluding hydrogens is 302 g/mol. The first-order valence-corrected chi connectivity index (χ1v) is 5.41. The Morgan fingerprint density at radius 1 is 1.20 bits per heavy atom. The number of alkyl halides is 4. The predicted molar refractivity (Wildman–Crippen MR) is 66.3 cm³/mol. The number of aromatic nitrogens is 4. The minimum atomic E-state index is -2.71. The van der Waals surface area contributed by atoms with Crippen molar-refractivity contribution in [3.05, 3.63) is 30.4 Å². The Kier molecular flexibility index (Phi) is 5.81. The lowest BCUT2D eigenvalue weighted by molar-refractivity contribution is 0.0537. The Morgan fingerprint density at radius 3 is 2.60 bits per heavy atom. The van der Waals surface area contributed by atoms with Gasteiger partial charge in [-0.2, -0.15) is 19.0 Å². The number of halogens is 5. The number of hydrogen-bond donors (Lipinski definition) is 1. The maximum Gasteiger partial charge on any atom is 0.333 e. The van der Waals surface area contributed by atoms with Gasteiger partial charge in [0.15, 0.2) is 0 Å². The smallest absolute Gasteiger partial charge is 0.333 e. The van der Waals surface area contributed by atoms with Crippen LogP contribution in [0.15, 0.2) is 24.7 Å². The topological polar surface area (TPSA) is 47.7 Å². The van der Waals surface area contributed by atoms with E-state index in [9.17, 15) is 17.6 Å². The highest BCUT2D eigenvalue weighted by Gasteiger charge is 2.11. The second-order valence-electron chi connectivity index (χ2n) is 3.74. The first-order chi connectivity index (χ1) is 9.06. The summed E-state index contributed by atoms with van der Waals surface area (Å²) in [5.41, 5.74) is 0.763. The van der Waals surface area contributed by atoms with Crippen LogP contribution in [0.25, 0.3) is 0 Å². The molecule has 112 valence electrons. The summed E-state index contributed by atoms with van der Waals surface area (Å²) in [6.07, 6.45) is 1.51. The van der Waals surface area contributed by atoms with Crippen molar-refractivity contribution >= 4 is 18.1 Å². The van der Waals surface area contributed by atoms with E-state index in [1.54, 1.807) is 0 Å². The van der Waals surface area contributed by atoms with Crippen molar-refractivity contribution in [3.63, 3.8) is 0 Å². The Balaban J connectivity index is 0.00000200. The van der Waals surface area contributed by atoms with E-state index in [4.69, 9.17) is 0 Å². The summed E-state index contributed by atoms with van der Waals surface area (Å²) in [6, 6.07) is 1.45. The molecule has 0 aromatic carbocycles. The third-order valence-electron chi connectivity index (χ3n) is 2.37. The maximum atomic E-state index is 12.5. The van der Waals surface area contributed by atoms with Gasteiger partial charge in [-0.1, -0.05) is 0 Å². The van der Waals surface area contributed by atoms with Crippen molar-refractivity contribution in [2.24, 2.45) is 0 Å². The number of hydrogen-bond acceptors (Lipinski definition) is 3. The van der Waals surface area contributed by atoms with Gasteiger partial charge in [-0.05, 0) is 6.07 Å². The van der Waals surface area contributed by atoms with E-state index in [0.29, 0.717) is 10.4 Å². The van der Waals surface area contributed by atoms with Gasteiger partial charge in [-0.25, -0.2) is 13.5 Å². The summed E-state index contributed by atoms with van der Waals surface area (Å²) < 4.78 is 50.9. The number of nitrogens with one attached hydrogen (secondary N) is 1. The molecule has 5 nitrogen and oxygen atoms in total. The number of anilines is 1. The summed E-state index contributed by atoms with van der Waals surface area (Å²) in [6.45, 7) is -3.12. The lowest BCUT2D eigenvalue weighted by atomic mass is 10.4. The van der Waals surface area contributed by atoms with E-state index in [2.05, 4.69) is 15.5 Å². The fourth-order valence-electron chi connectivity index (χ4n) is 1.55. The van der Waals surface area contributed by atoms with Crippen LogP contribution in [0.1, 0.15) is 12.2 Å². The molecule has 0 aliphatic carbocycles. The zero-order valence-electron chi connectivity index (χ0n) is 10.1. The lowest BCUT2D eigenvalue weighted by Crippen LogP contribution is -2.09. The second kappa shape index (κ2) is 7.13. The summed E-state index contributed by atoms with van der Waals surface area (Å²) >= 11 is 0. The molecule has 10 heteroatoms. The fourth-order valence-corrected chi connectivity index (χ4v) is 1.55. The summed E-state index contributed by atoms with van der Waals surface area (Å²) in [7, 11) is 0. The minimum absolute atomic E-state index is 0. The summed E-state index contributed by atoms with van der Waals surface area (Å²) in [4.78, 5) is 0. The zero-order valence-corrected chi connectivity index (χ0v) is 10.9. The normalized spacial score (nSPS) is 10.9. The van der Waals surface area contributed by atoms with Gasteiger partial charge in [0.1, 0.15) is 6.54 Å². The standard InChI is InChI=1S/C10H11F4N5.ClH/c11-9(12)6-18-5-7(3-17-18)15-4-8-1-2-16-19(8)10(13)14;/h1-3,5,9-10,15H,4,6H2;1H. The average Bonchev–Trinajstić information content (AvgIpc) is 2.93. The van der Waals surface area contributed by atoms with Crippen molar-refractivity contribution in [3.8, 4) is 0 Å². The van der Waals surface area contributed by atoms with Gasteiger partial charge >= 0.3 is 6.55 Å². The van der Waals surface area contributed by atoms with E-state index < -0.39 is 19.5 Å². The molecular formula is C10H12ClF4N5. The third-order valence-corrected chi connectivity index (χ3v) is 2.37. The van der Waals surface area contributed by atoms with Gasteiger partial charge in [-0.15, -0.1) is 12.4 Å². The van der Waals surface area contributed by atoms with Gasteiger partial charge in [0.25, 0.3) is 6.43 Å². The Bertz CT molecular complexity index is 527. The van der Waals surface area contributed by atoms with Crippen molar-refractivity contribution in [1.29, 1.82) is 0 Å². The molecule has 1 N–H and O–H groups in total. The Hall–Kier alpha value is -1.77. The van der Waals surface area contributed by atoms with Crippen molar-refractivity contribution in [2.75, 3.05) is 5.32 Å². The van der Waals surface area contributed by atoms with Gasteiger partial charge in [0.2, 0.25) is 0 Å². The van der Waals surface area contributed by atoms with Gasteiger partial charge in [-0.3, -0.25) is 4.68 Å². The molecule has 0 unspecified atom stereocenters. The quantitative estimate of drug-likeness (QED) is 0.834. The lowest BCUT2D eigenvalue weighted by Gasteiger charge is -2.06. The van der Waals surface area contributed by atoms with Gasteiger partial charge < -0.3 is 5.32 Å². The molecule has 0 aliphatic rings. The first-order valence-electron chi connectivity index (χ1n) is 5.41. The van der Waals surface area contributed by atoms with Crippen molar-refractivity contribution in [2.45, 2.75) is 26.1 Å². The molecule has 0 bridgehead atoms. The van der Waals surface area contributed by atoms with Crippen LogP contribution in [-0.4, -0.2) is 26.0 Å². The van der Waals surface area contributed by atoms with E-state index in [1.165, 1.54) is 24.7 Å². The van der Waals surface area contributed by atoms with Crippen LogP contribution in [0.2, 0.25) is 0 Å². The second-order valence-corrected chi connectivity index (χ2v) is 3.74. The van der Waals surface area contributed by atoms with Gasteiger partial charge in [0.05, 0.1) is 24.1 Å². The van der Waals surface area contributed by atoms with Crippen LogP contribution in [0.4, 0.5) is 23.2 Å². The zero-order chi connectivity index (χ0) is 13.8. The monoisotopic (exact) mass is 313 g/mol. The molecule has 2 aromatic heterocycles. The average molecular weight is 314 g/mol.